The molecule has 0 fully saturated rings. The Morgan fingerprint density at radius 2 is 2.00 bits per heavy atom. The van der Waals surface area contributed by atoms with Crippen molar-refractivity contribution in [2.45, 2.75) is 19.9 Å². The highest BCUT2D eigenvalue weighted by Crippen LogP contribution is 2.21. The Bertz CT molecular complexity index is 547. The minimum absolute atomic E-state index is 0.0272. The molecule has 2 rings (SSSR count). The molecule has 0 radical (unpaired) electrons. The van der Waals surface area contributed by atoms with Crippen molar-refractivity contribution in [3.63, 3.8) is 0 Å². The molecule has 0 spiro atoms. The molecule has 2 aromatic rings. The van der Waals surface area contributed by atoms with Crippen molar-refractivity contribution in [3.05, 3.63) is 30.6 Å². The largest absolute Gasteiger partial charge is 0.394 e. The van der Waals surface area contributed by atoms with Crippen LogP contribution in [0.15, 0.2) is 30.6 Å². The van der Waals surface area contributed by atoms with Crippen molar-refractivity contribution in [1.29, 1.82) is 0 Å². The molecule has 0 aliphatic rings. The minimum Gasteiger partial charge on any atom is -0.394 e. The van der Waals surface area contributed by atoms with E-state index in [-0.39, 0.29) is 12.6 Å². The van der Waals surface area contributed by atoms with Gasteiger partial charge in [-0.3, -0.25) is 4.98 Å². The summed E-state index contributed by atoms with van der Waals surface area (Å²) in [5.41, 5.74) is 1.78. The van der Waals surface area contributed by atoms with Crippen molar-refractivity contribution < 1.29 is 5.11 Å². The molecular weight excluding hydrogens is 254 g/mol. The van der Waals surface area contributed by atoms with Crippen molar-refractivity contribution >= 4 is 11.8 Å². The molecule has 0 amide bonds. The van der Waals surface area contributed by atoms with E-state index in [1.165, 1.54) is 0 Å². The molecule has 106 valence electrons. The summed E-state index contributed by atoms with van der Waals surface area (Å²) in [4.78, 5) is 12.9. The van der Waals surface area contributed by atoms with Crippen LogP contribution >= 0.6 is 0 Å². The first-order valence-corrected chi connectivity index (χ1v) is 6.63. The maximum atomic E-state index is 9.11. The number of aliphatic hydroxyl groups excluding tert-OH is 1. The van der Waals surface area contributed by atoms with E-state index in [0.29, 0.717) is 5.95 Å². The standard InChI is InChI=1S/C14H19N5O/c1-3-16-13-8-12(11-4-6-15-7-5-11)18-14(19-13)17-10(2)9-20/h4-8,10,20H,3,9H2,1-2H3,(H2,16,17,18,19)/t10-/m0/s1. The fourth-order valence-corrected chi connectivity index (χ4v) is 1.72. The molecule has 0 saturated carbocycles. The van der Waals surface area contributed by atoms with Gasteiger partial charge in [0.15, 0.2) is 0 Å². The molecule has 2 heterocycles. The van der Waals surface area contributed by atoms with Crippen LogP contribution in [0.4, 0.5) is 11.8 Å². The highest BCUT2D eigenvalue weighted by atomic mass is 16.3. The van der Waals surface area contributed by atoms with Crippen molar-refractivity contribution in [2.24, 2.45) is 0 Å². The molecule has 6 heteroatoms. The number of nitrogens with zero attached hydrogens (tertiary/aromatic N) is 3. The first-order chi connectivity index (χ1) is 9.72. The summed E-state index contributed by atoms with van der Waals surface area (Å²) in [6.07, 6.45) is 3.46. The van der Waals surface area contributed by atoms with Crippen LogP contribution in [0, 0.1) is 0 Å². The fourth-order valence-electron chi connectivity index (χ4n) is 1.72. The van der Waals surface area contributed by atoms with Crippen LogP contribution < -0.4 is 10.6 Å². The monoisotopic (exact) mass is 273 g/mol. The number of aliphatic hydroxyl groups is 1. The second-order valence-corrected chi connectivity index (χ2v) is 4.46. The molecule has 0 aliphatic heterocycles. The lowest BCUT2D eigenvalue weighted by molar-refractivity contribution is 0.281. The summed E-state index contributed by atoms with van der Waals surface area (Å²) < 4.78 is 0. The molecule has 0 bridgehead atoms. The van der Waals surface area contributed by atoms with E-state index in [2.05, 4.69) is 25.6 Å². The smallest absolute Gasteiger partial charge is 0.225 e. The molecule has 1 atom stereocenters. The number of aromatic nitrogens is 3. The summed E-state index contributed by atoms with van der Waals surface area (Å²) in [5.74, 6) is 1.25. The van der Waals surface area contributed by atoms with Crippen molar-refractivity contribution in [1.82, 2.24) is 15.0 Å². The topological polar surface area (TPSA) is 83.0 Å². The van der Waals surface area contributed by atoms with Gasteiger partial charge in [-0.2, -0.15) is 4.98 Å². The Balaban J connectivity index is 2.35. The van der Waals surface area contributed by atoms with Gasteiger partial charge in [0.05, 0.1) is 12.3 Å². The number of anilines is 2. The predicted octanol–water partition coefficient (Wildman–Crippen LogP) is 1.76. The molecule has 2 aromatic heterocycles. The van der Waals surface area contributed by atoms with Gasteiger partial charge in [-0.05, 0) is 26.0 Å². The first kappa shape index (κ1) is 14.2. The number of nitrogens with one attached hydrogen (secondary N) is 2. The Morgan fingerprint density at radius 1 is 1.25 bits per heavy atom. The molecular formula is C14H19N5O. The second kappa shape index (κ2) is 6.81. The zero-order valence-electron chi connectivity index (χ0n) is 11.7. The average Bonchev–Trinajstić information content (AvgIpc) is 2.48. The van der Waals surface area contributed by atoms with E-state index < -0.39 is 0 Å². The minimum atomic E-state index is -0.0998. The number of rotatable bonds is 6. The van der Waals surface area contributed by atoms with Gasteiger partial charge in [0.1, 0.15) is 5.82 Å². The van der Waals surface area contributed by atoms with Gasteiger partial charge in [0.2, 0.25) is 5.95 Å². The van der Waals surface area contributed by atoms with E-state index in [4.69, 9.17) is 5.11 Å². The van der Waals surface area contributed by atoms with E-state index in [9.17, 15) is 0 Å². The third-order valence-electron chi connectivity index (χ3n) is 2.71. The summed E-state index contributed by atoms with van der Waals surface area (Å²) >= 11 is 0. The van der Waals surface area contributed by atoms with Gasteiger partial charge in [-0.25, -0.2) is 4.98 Å². The Hall–Kier alpha value is -2.21. The zero-order valence-corrected chi connectivity index (χ0v) is 11.7. The molecule has 6 nitrogen and oxygen atoms in total. The SMILES string of the molecule is CCNc1cc(-c2ccncc2)nc(N[C@@H](C)CO)n1. The average molecular weight is 273 g/mol. The zero-order chi connectivity index (χ0) is 14.4. The molecule has 0 unspecified atom stereocenters. The third-order valence-corrected chi connectivity index (χ3v) is 2.71. The van der Waals surface area contributed by atoms with E-state index in [1.54, 1.807) is 12.4 Å². The normalized spacial score (nSPS) is 11.9. The van der Waals surface area contributed by atoms with Gasteiger partial charge in [0.25, 0.3) is 0 Å². The van der Waals surface area contributed by atoms with Crippen LogP contribution in [0.1, 0.15) is 13.8 Å². The van der Waals surface area contributed by atoms with Crippen LogP contribution in [0.2, 0.25) is 0 Å². The van der Waals surface area contributed by atoms with Crippen LogP contribution in [-0.4, -0.2) is 39.3 Å². The van der Waals surface area contributed by atoms with Crippen molar-refractivity contribution in [2.75, 3.05) is 23.8 Å². The van der Waals surface area contributed by atoms with Crippen LogP contribution in [0.3, 0.4) is 0 Å². The van der Waals surface area contributed by atoms with Gasteiger partial charge >= 0.3 is 0 Å². The van der Waals surface area contributed by atoms with E-state index >= 15 is 0 Å². The van der Waals surface area contributed by atoms with Crippen LogP contribution in [0.25, 0.3) is 11.3 Å². The molecule has 0 aromatic carbocycles. The fraction of sp³-hybridized carbons (Fsp3) is 0.357. The Labute approximate surface area is 118 Å². The summed E-state index contributed by atoms with van der Waals surface area (Å²) in [7, 11) is 0. The van der Waals surface area contributed by atoms with Gasteiger partial charge < -0.3 is 15.7 Å². The number of pyridine rings is 1. The van der Waals surface area contributed by atoms with E-state index in [1.807, 2.05) is 32.0 Å². The molecule has 0 aliphatic carbocycles. The maximum Gasteiger partial charge on any atom is 0.225 e. The summed E-state index contributed by atoms with van der Waals surface area (Å²) in [6, 6.07) is 5.60. The van der Waals surface area contributed by atoms with Gasteiger partial charge in [0, 0.05) is 36.6 Å². The first-order valence-electron chi connectivity index (χ1n) is 6.63. The lowest BCUT2D eigenvalue weighted by atomic mass is 10.2. The lowest BCUT2D eigenvalue weighted by Gasteiger charge is -2.13. The maximum absolute atomic E-state index is 9.11. The van der Waals surface area contributed by atoms with E-state index in [0.717, 1.165) is 23.6 Å². The van der Waals surface area contributed by atoms with Crippen LogP contribution in [-0.2, 0) is 0 Å². The quantitative estimate of drug-likeness (QED) is 0.744. The molecule has 3 N–H and O–H groups in total. The lowest BCUT2D eigenvalue weighted by Crippen LogP contribution is -2.21. The Morgan fingerprint density at radius 3 is 2.65 bits per heavy atom. The molecule has 0 saturated heterocycles. The molecule has 20 heavy (non-hydrogen) atoms. The summed E-state index contributed by atoms with van der Waals surface area (Å²) in [6.45, 7) is 4.69. The van der Waals surface area contributed by atoms with Gasteiger partial charge in [-0.1, -0.05) is 0 Å². The third kappa shape index (κ3) is 3.64. The summed E-state index contributed by atoms with van der Waals surface area (Å²) in [5, 5.41) is 15.4. The second-order valence-electron chi connectivity index (χ2n) is 4.46. The highest BCUT2D eigenvalue weighted by molar-refractivity contribution is 5.63. The van der Waals surface area contributed by atoms with Crippen molar-refractivity contribution in [3.8, 4) is 11.3 Å². The van der Waals surface area contributed by atoms with Crippen LogP contribution in [0.5, 0.6) is 0 Å². The number of hydrogen-bond acceptors (Lipinski definition) is 6. The predicted molar refractivity (Wildman–Crippen MR) is 79.6 cm³/mol. The highest BCUT2D eigenvalue weighted by Gasteiger charge is 2.08. The Kier molecular flexibility index (Phi) is 4.84. The van der Waals surface area contributed by atoms with Gasteiger partial charge in [-0.15, -0.1) is 0 Å². The number of hydrogen-bond donors (Lipinski definition) is 3.